The van der Waals surface area contributed by atoms with Gasteiger partial charge >= 0.3 is 0 Å². The number of rotatable bonds is 6. The molecule has 5 heteroatoms. The summed E-state index contributed by atoms with van der Waals surface area (Å²) in [5.74, 6) is 1.50. The van der Waals surface area contributed by atoms with E-state index in [4.69, 9.17) is 9.47 Å². The number of hydrogen-bond acceptors (Lipinski definition) is 4. The maximum atomic E-state index is 12.7. The number of benzene rings is 2. The molecular weight excluding hydrogens is 328 g/mol. The predicted molar refractivity (Wildman–Crippen MR) is 101 cm³/mol. The van der Waals surface area contributed by atoms with Gasteiger partial charge in [0.2, 0.25) is 0 Å². The first-order valence-electron chi connectivity index (χ1n) is 9.00. The fourth-order valence-corrected chi connectivity index (χ4v) is 3.23. The van der Waals surface area contributed by atoms with Gasteiger partial charge < -0.3 is 20.1 Å². The number of piperidine rings is 1. The Labute approximate surface area is 154 Å². The van der Waals surface area contributed by atoms with E-state index in [0.717, 1.165) is 35.7 Å². The maximum absolute atomic E-state index is 12.7. The lowest BCUT2D eigenvalue weighted by Gasteiger charge is -2.34. The molecule has 5 nitrogen and oxygen atoms in total. The minimum absolute atomic E-state index is 0.0628. The fourth-order valence-electron chi connectivity index (χ4n) is 3.23. The number of methoxy groups -OCH3 is 1. The monoisotopic (exact) mass is 354 g/mol. The van der Waals surface area contributed by atoms with Crippen LogP contribution in [-0.2, 0) is 16.1 Å². The summed E-state index contributed by atoms with van der Waals surface area (Å²) in [4.78, 5) is 12.7. The van der Waals surface area contributed by atoms with Gasteiger partial charge in [-0.25, -0.2) is 0 Å². The maximum Gasteiger partial charge on any atom is 0.252 e. The van der Waals surface area contributed by atoms with Gasteiger partial charge in [0.05, 0.1) is 0 Å². The van der Waals surface area contributed by atoms with Crippen molar-refractivity contribution in [1.82, 2.24) is 10.6 Å². The Morgan fingerprint density at radius 2 is 1.73 bits per heavy atom. The van der Waals surface area contributed by atoms with Gasteiger partial charge in [0, 0.05) is 19.2 Å². The van der Waals surface area contributed by atoms with Gasteiger partial charge in [-0.05, 0) is 50.6 Å². The topological polar surface area (TPSA) is 59.6 Å². The van der Waals surface area contributed by atoms with Crippen LogP contribution in [0.3, 0.4) is 0 Å². The number of ether oxygens (including phenoxy) is 2. The molecule has 0 aliphatic carbocycles. The summed E-state index contributed by atoms with van der Waals surface area (Å²) in [6, 6.07) is 15.7. The SMILES string of the molecule is COC1(C(=O)NCc2ccccc2Oc2ccccc2C)CCNCC1. The molecule has 2 aromatic rings. The molecule has 0 radical (unpaired) electrons. The Bertz CT molecular complexity index is 754. The number of nitrogens with one attached hydrogen (secondary N) is 2. The number of carbonyl (C=O) groups is 1. The quantitative estimate of drug-likeness (QED) is 0.836. The van der Waals surface area contributed by atoms with Gasteiger partial charge in [-0.3, -0.25) is 4.79 Å². The van der Waals surface area contributed by atoms with Crippen LogP contribution in [0.15, 0.2) is 48.5 Å². The van der Waals surface area contributed by atoms with Gasteiger partial charge in [0.25, 0.3) is 5.91 Å². The Morgan fingerprint density at radius 1 is 1.08 bits per heavy atom. The molecule has 2 aromatic carbocycles. The molecule has 1 heterocycles. The third-order valence-corrected chi connectivity index (χ3v) is 4.94. The van der Waals surface area contributed by atoms with Crippen LogP contribution in [0.5, 0.6) is 11.5 Å². The summed E-state index contributed by atoms with van der Waals surface area (Å²) in [5, 5.41) is 6.29. The number of amides is 1. The standard InChI is InChI=1S/C21H26N2O3/c1-16-7-3-5-9-18(16)26-19-10-6-4-8-17(19)15-23-20(24)21(25-2)11-13-22-14-12-21/h3-10,22H,11-15H2,1-2H3,(H,23,24). The molecule has 1 amide bonds. The van der Waals surface area contributed by atoms with E-state index in [-0.39, 0.29) is 5.91 Å². The number of para-hydroxylation sites is 2. The lowest BCUT2D eigenvalue weighted by Crippen LogP contribution is -2.53. The van der Waals surface area contributed by atoms with Crippen LogP contribution in [0.4, 0.5) is 0 Å². The van der Waals surface area contributed by atoms with Crippen LogP contribution < -0.4 is 15.4 Å². The number of aryl methyl sites for hydroxylation is 1. The Balaban J connectivity index is 1.70. The van der Waals surface area contributed by atoms with E-state index in [1.54, 1.807) is 7.11 Å². The molecule has 0 atom stereocenters. The van der Waals surface area contributed by atoms with E-state index < -0.39 is 5.60 Å². The summed E-state index contributed by atoms with van der Waals surface area (Å²) < 4.78 is 11.7. The van der Waals surface area contributed by atoms with E-state index >= 15 is 0 Å². The summed E-state index contributed by atoms with van der Waals surface area (Å²) in [6.07, 6.45) is 1.35. The molecule has 1 aliphatic rings. The van der Waals surface area contributed by atoms with Gasteiger partial charge in [0.1, 0.15) is 17.1 Å². The molecule has 138 valence electrons. The molecular formula is C21H26N2O3. The fraction of sp³-hybridized carbons (Fsp3) is 0.381. The molecule has 1 aliphatic heterocycles. The molecule has 3 rings (SSSR count). The van der Waals surface area contributed by atoms with Crippen molar-refractivity contribution in [2.45, 2.75) is 31.9 Å². The van der Waals surface area contributed by atoms with Crippen LogP contribution in [-0.4, -0.2) is 31.7 Å². The first kappa shape index (κ1) is 18.4. The van der Waals surface area contributed by atoms with Crippen molar-refractivity contribution in [3.63, 3.8) is 0 Å². The van der Waals surface area contributed by atoms with E-state index in [2.05, 4.69) is 10.6 Å². The van der Waals surface area contributed by atoms with Gasteiger partial charge in [0.15, 0.2) is 0 Å². The van der Waals surface area contributed by atoms with E-state index in [1.807, 2.05) is 55.5 Å². The molecule has 1 fully saturated rings. The lowest BCUT2D eigenvalue weighted by molar-refractivity contribution is -0.146. The average Bonchev–Trinajstić information content (AvgIpc) is 2.69. The zero-order valence-corrected chi connectivity index (χ0v) is 15.4. The summed E-state index contributed by atoms with van der Waals surface area (Å²) in [5.41, 5.74) is 1.26. The first-order valence-corrected chi connectivity index (χ1v) is 9.00. The predicted octanol–water partition coefficient (Wildman–Crippen LogP) is 3.17. The van der Waals surface area contributed by atoms with Crippen LogP contribution >= 0.6 is 0 Å². The molecule has 0 bridgehead atoms. The average molecular weight is 354 g/mol. The molecule has 26 heavy (non-hydrogen) atoms. The van der Waals surface area contributed by atoms with Gasteiger partial charge in [-0.1, -0.05) is 36.4 Å². The van der Waals surface area contributed by atoms with Crippen LogP contribution in [0, 0.1) is 6.92 Å². The Kier molecular flexibility index (Phi) is 5.91. The highest BCUT2D eigenvalue weighted by atomic mass is 16.5. The largest absolute Gasteiger partial charge is 0.457 e. The van der Waals surface area contributed by atoms with Gasteiger partial charge in [-0.2, -0.15) is 0 Å². The van der Waals surface area contributed by atoms with Crippen molar-refractivity contribution in [2.24, 2.45) is 0 Å². The highest BCUT2D eigenvalue weighted by molar-refractivity contribution is 5.85. The number of carbonyl (C=O) groups excluding carboxylic acids is 1. The summed E-state index contributed by atoms with van der Waals surface area (Å²) >= 11 is 0. The summed E-state index contributed by atoms with van der Waals surface area (Å²) in [7, 11) is 1.61. The van der Waals surface area contributed by atoms with Crippen molar-refractivity contribution >= 4 is 5.91 Å². The Hall–Kier alpha value is -2.37. The minimum Gasteiger partial charge on any atom is -0.457 e. The Morgan fingerprint density at radius 3 is 2.42 bits per heavy atom. The van der Waals surface area contributed by atoms with Crippen molar-refractivity contribution in [2.75, 3.05) is 20.2 Å². The smallest absolute Gasteiger partial charge is 0.252 e. The van der Waals surface area contributed by atoms with Crippen molar-refractivity contribution < 1.29 is 14.3 Å². The van der Waals surface area contributed by atoms with Crippen molar-refractivity contribution in [3.8, 4) is 11.5 Å². The summed E-state index contributed by atoms with van der Waals surface area (Å²) in [6.45, 7) is 3.99. The second-order valence-electron chi connectivity index (χ2n) is 6.61. The number of hydrogen-bond donors (Lipinski definition) is 2. The van der Waals surface area contributed by atoms with E-state index in [1.165, 1.54) is 0 Å². The van der Waals surface area contributed by atoms with Crippen molar-refractivity contribution in [1.29, 1.82) is 0 Å². The highest BCUT2D eigenvalue weighted by Gasteiger charge is 2.39. The molecule has 2 N–H and O–H groups in total. The lowest BCUT2D eigenvalue weighted by atomic mass is 9.91. The zero-order valence-electron chi connectivity index (χ0n) is 15.4. The normalized spacial score (nSPS) is 16.1. The molecule has 0 saturated carbocycles. The third-order valence-electron chi connectivity index (χ3n) is 4.94. The minimum atomic E-state index is -0.739. The highest BCUT2D eigenvalue weighted by Crippen LogP contribution is 2.28. The van der Waals surface area contributed by atoms with Crippen LogP contribution in [0.2, 0.25) is 0 Å². The molecule has 0 unspecified atom stereocenters. The molecule has 0 spiro atoms. The zero-order chi connectivity index (χ0) is 18.4. The van der Waals surface area contributed by atoms with E-state index in [0.29, 0.717) is 19.4 Å². The van der Waals surface area contributed by atoms with Gasteiger partial charge in [-0.15, -0.1) is 0 Å². The second kappa shape index (κ2) is 8.34. The molecule has 1 saturated heterocycles. The van der Waals surface area contributed by atoms with Crippen LogP contribution in [0.25, 0.3) is 0 Å². The van der Waals surface area contributed by atoms with Crippen molar-refractivity contribution in [3.05, 3.63) is 59.7 Å². The van der Waals surface area contributed by atoms with Crippen LogP contribution in [0.1, 0.15) is 24.0 Å². The third kappa shape index (κ3) is 4.06. The van der Waals surface area contributed by atoms with E-state index in [9.17, 15) is 4.79 Å². The first-order chi connectivity index (χ1) is 12.6. The second-order valence-corrected chi connectivity index (χ2v) is 6.61. The molecule has 0 aromatic heterocycles.